The van der Waals surface area contributed by atoms with Crippen LogP contribution >= 0.6 is 0 Å². The maximum Gasteiger partial charge on any atom is 0.292 e. The zero-order chi connectivity index (χ0) is 18.1. The highest BCUT2D eigenvalue weighted by Gasteiger charge is 2.46. The van der Waals surface area contributed by atoms with Gasteiger partial charge in [0.25, 0.3) is 5.91 Å². The molecular weight excluding hydrogens is 332 g/mol. The van der Waals surface area contributed by atoms with Crippen molar-refractivity contribution in [3.63, 3.8) is 0 Å². The Morgan fingerprint density at radius 2 is 1.58 bits per heavy atom. The molecule has 2 N–H and O–H groups in total. The summed E-state index contributed by atoms with van der Waals surface area (Å²) in [5.41, 5.74) is 1.80. The SMILES string of the molecule is C[NH+]1CC[NH+]([C@@H]2CC(=O)N(c3ccc(N4CCOCC4)cc3)C2=O)CC1. The molecule has 0 aromatic heterocycles. The molecule has 0 saturated carbocycles. The van der Waals surface area contributed by atoms with E-state index in [2.05, 4.69) is 11.9 Å². The Labute approximate surface area is 154 Å². The fraction of sp³-hybridized carbons (Fsp3) is 0.579. The van der Waals surface area contributed by atoms with Crippen molar-refractivity contribution < 1.29 is 24.1 Å². The minimum Gasteiger partial charge on any atom is -0.378 e. The number of likely N-dealkylation sites (N-methyl/N-ethyl adjacent to an activating group) is 1. The topological polar surface area (TPSA) is 58.7 Å². The first-order valence-corrected chi connectivity index (χ1v) is 9.59. The van der Waals surface area contributed by atoms with E-state index in [1.54, 1.807) is 0 Å². The Morgan fingerprint density at radius 3 is 2.23 bits per heavy atom. The smallest absolute Gasteiger partial charge is 0.292 e. The molecule has 4 rings (SSSR count). The average molecular weight is 360 g/mol. The Hall–Kier alpha value is -1.96. The Morgan fingerprint density at radius 1 is 0.962 bits per heavy atom. The van der Waals surface area contributed by atoms with E-state index in [0.717, 1.165) is 58.2 Å². The summed E-state index contributed by atoms with van der Waals surface area (Å²) in [7, 11) is 2.18. The van der Waals surface area contributed by atoms with Gasteiger partial charge in [-0.15, -0.1) is 0 Å². The van der Waals surface area contributed by atoms with Crippen LogP contribution < -0.4 is 19.6 Å². The summed E-state index contributed by atoms with van der Waals surface area (Å²) in [6.45, 7) is 7.25. The Bertz CT molecular complexity index is 664. The van der Waals surface area contributed by atoms with Gasteiger partial charge in [0.1, 0.15) is 26.2 Å². The molecule has 0 bridgehead atoms. The molecule has 1 aromatic carbocycles. The number of carbonyl (C=O) groups excluding carboxylic acids is 2. The van der Waals surface area contributed by atoms with E-state index in [-0.39, 0.29) is 17.9 Å². The van der Waals surface area contributed by atoms with Gasteiger partial charge in [-0.1, -0.05) is 0 Å². The lowest BCUT2D eigenvalue weighted by molar-refractivity contribution is -1.01. The number of anilines is 2. The minimum absolute atomic E-state index is 0.0383. The van der Waals surface area contributed by atoms with Crippen molar-refractivity contribution >= 4 is 23.2 Å². The number of rotatable bonds is 3. The molecule has 26 heavy (non-hydrogen) atoms. The summed E-state index contributed by atoms with van der Waals surface area (Å²) >= 11 is 0. The van der Waals surface area contributed by atoms with Crippen LogP contribution in [-0.4, -0.2) is 77.4 Å². The van der Waals surface area contributed by atoms with E-state index in [0.29, 0.717) is 12.1 Å². The van der Waals surface area contributed by atoms with Gasteiger partial charge in [-0.25, -0.2) is 4.90 Å². The molecule has 3 aliphatic rings. The number of hydrogen-bond acceptors (Lipinski definition) is 4. The zero-order valence-corrected chi connectivity index (χ0v) is 15.4. The molecule has 3 aliphatic heterocycles. The largest absolute Gasteiger partial charge is 0.378 e. The van der Waals surface area contributed by atoms with Crippen molar-refractivity contribution in [1.82, 2.24) is 0 Å². The van der Waals surface area contributed by atoms with Gasteiger partial charge in [0.2, 0.25) is 5.91 Å². The van der Waals surface area contributed by atoms with Crippen molar-refractivity contribution in [2.45, 2.75) is 12.5 Å². The normalized spacial score (nSPS) is 30.1. The Balaban J connectivity index is 1.46. The highest BCUT2D eigenvalue weighted by atomic mass is 16.5. The van der Waals surface area contributed by atoms with Gasteiger partial charge < -0.3 is 19.4 Å². The molecule has 0 unspecified atom stereocenters. The Kier molecular flexibility index (Phi) is 4.93. The minimum atomic E-state index is -0.213. The number of piperazine rings is 1. The van der Waals surface area contributed by atoms with Crippen LogP contribution in [0, 0.1) is 0 Å². The maximum atomic E-state index is 12.9. The number of ether oxygens (including phenoxy) is 1. The summed E-state index contributed by atoms with van der Waals surface area (Å²) in [6.07, 6.45) is 0.332. The van der Waals surface area contributed by atoms with E-state index < -0.39 is 0 Å². The fourth-order valence-electron chi connectivity index (χ4n) is 4.20. The number of hydrogen-bond donors (Lipinski definition) is 2. The van der Waals surface area contributed by atoms with Crippen molar-refractivity contribution in [2.24, 2.45) is 0 Å². The third-order valence-corrected chi connectivity index (χ3v) is 5.87. The monoisotopic (exact) mass is 360 g/mol. The molecule has 140 valence electrons. The quantitative estimate of drug-likeness (QED) is 0.589. The number of benzene rings is 1. The number of carbonyl (C=O) groups is 2. The highest BCUT2D eigenvalue weighted by molar-refractivity contribution is 6.21. The van der Waals surface area contributed by atoms with Gasteiger partial charge in [-0.3, -0.25) is 9.59 Å². The summed E-state index contributed by atoms with van der Waals surface area (Å²) in [5.74, 6) is -0.110. The van der Waals surface area contributed by atoms with E-state index in [9.17, 15) is 9.59 Å². The van der Waals surface area contributed by atoms with Gasteiger partial charge in [0.05, 0.1) is 32.4 Å². The summed E-state index contributed by atoms with van der Waals surface area (Å²) < 4.78 is 5.39. The number of morpholine rings is 1. The molecule has 0 spiro atoms. The predicted octanol–water partition coefficient (Wildman–Crippen LogP) is -2.43. The van der Waals surface area contributed by atoms with Crippen LogP contribution in [0.5, 0.6) is 0 Å². The molecule has 3 heterocycles. The van der Waals surface area contributed by atoms with Crippen LogP contribution in [0.3, 0.4) is 0 Å². The van der Waals surface area contributed by atoms with Crippen molar-refractivity contribution in [3.05, 3.63) is 24.3 Å². The number of nitrogens with one attached hydrogen (secondary N) is 2. The maximum absolute atomic E-state index is 12.9. The summed E-state index contributed by atoms with van der Waals surface area (Å²) in [4.78, 5) is 31.9. The lowest BCUT2D eigenvalue weighted by Gasteiger charge is -2.30. The molecule has 0 aliphatic carbocycles. The van der Waals surface area contributed by atoms with Crippen LogP contribution in [-0.2, 0) is 14.3 Å². The summed E-state index contributed by atoms with van der Waals surface area (Å²) in [5, 5.41) is 0. The first kappa shape index (κ1) is 17.5. The van der Waals surface area contributed by atoms with Gasteiger partial charge in [-0.2, -0.15) is 0 Å². The number of nitrogens with zero attached hydrogens (tertiary/aromatic N) is 2. The second-order valence-corrected chi connectivity index (χ2v) is 7.56. The lowest BCUT2D eigenvalue weighted by atomic mass is 10.2. The summed E-state index contributed by atoms with van der Waals surface area (Å²) in [6, 6.07) is 7.58. The van der Waals surface area contributed by atoms with Gasteiger partial charge >= 0.3 is 0 Å². The standard InChI is InChI=1S/C19H26N4O3/c1-20-6-8-22(9-7-20)17-14-18(24)23(19(17)25)16-4-2-15(3-5-16)21-10-12-26-13-11-21/h2-5,17H,6-14H2,1H3/p+2/t17-/m1/s1. The van der Waals surface area contributed by atoms with Crippen molar-refractivity contribution in [3.8, 4) is 0 Å². The number of amides is 2. The molecule has 7 heteroatoms. The van der Waals surface area contributed by atoms with Crippen LogP contribution in [0.2, 0.25) is 0 Å². The molecule has 0 radical (unpaired) electrons. The third-order valence-electron chi connectivity index (χ3n) is 5.87. The fourth-order valence-corrected chi connectivity index (χ4v) is 4.20. The second-order valence-electron chi connectivity index (χ2n) is 7.56. The van der Waals surface area contributed by atoms with Gasteiger partial charge in [0.15, 0.2) is 6.04 Å². The second kappa shape index (κ2) is 7.34. The first-order chi connectivity index (χ1) is 12.6. The van der Waals surface area contributed by atoms with Gasteiger partial charge in [-0.05, 0) is 24.3 Å². The van der Waals surface area contributed by atoms with Gasteiger partial charge in [0, 0.05) is 18.8 Å². The van der Waals surface area contributed by atoms with Crippen LogP contribution in [0.25, 0.3) is 0 Å². The number of quaternary nitrogens is 2. The lowest BCUT2D eigenvalue weighted by Crippen LogP contribution is -3.29. The first-order valence-electron chi connectivity index (χ1n) is 9.59. The molecule has 1 aromatic rings. The van der Waals surface area contributed by atoms with E-state index >= 15 is 0 Å². The molecule has 3 fully saturated rings. The predicted molar refractivity (Wildman–Crippen MR) is 97.7 cm³/mol. The van der Waals surface area contributed by atoms with Crippen LogP contribution in [0.15, 0.2) is 24.3 Å². The number of imide groups is 1. The molecule has 3 saturated heterocycles. The van der Waals surface area contributed by atoms with E-state index in [1.807, 2.05) is 24.3 Å². The molecule has 7 nitrogen and oxygen atoms in total. The molecule has 2 amide bonds. The molecule has 1 atom stereocenters. The van der Waals surface area contributed by atoms with Crippen molar-refractivity contribution in [2.75, 3.05) is 69.3 Å². The van der Waals surface area contributed by atoms with E-state index in [1.165, 1.54) is 14.7 Å². The van der Waals surface area contributed by atoms with E-state index in [4.69, 9.17) is 4.74 Å². The van der Waals surface area contributed by atoms with Crippen molar-refractivity contribution in [1.29, 1.82) is 0 Å². The zero-order valence-electron chi connectivity index (χ0n) is 15.4. The molecular formula is C19H28N4O3+2. The van der Waals surface area contributed by atoms with Crippen LogP contribution in [0.4, 0.5) is 11.4 Å². The average Bonchev–Trinajstić information content (AvgIpc) is 2.97. The highest BCUT2D eigenvalue weighted by Crippen LogP contribution is 2.25. The third kappa shape index (κ3) is 3.34. The van der Waals surface area contributed by atoms with Crippen LogP contribution in [0.1, 0.15) is 6.42 Å².